The lowest BCUT2D eigenvalue weighted by Crippen LogP contribution is -2.31. The third kappa shape index (κ3) is 1.31. The molecule has 0 saturated heterocycles. The summed E-state index contributed by atoms with van der Waals surface area (Å²) in [5, 5.41) is 2.44. The van der Waals surface area contributed by atoms with E-state index >= 15 is 0 Å². The van der Waals surface area contributed by atoms with Crippen molar-refractivity contribution in [3.63, 3.8) is 0 Å². The van der Waals surface area contributed by atoms with E-state index in [4.69, 9.17) is 0 Å². The van der Waals surface area contributed by atoms with Crippen molar-refractivity contribution in [2.24, 2.45) is 0 Å². The van der Waals surface area contributed by atoms with Crippen LogP contribution >= 0.6 is 15.9 Å². The molecular weight excluding hydrogens is 214 g/mol. The van der Waals surface area contributed by atoms with Gasteiger partial charge >= 0.3 is 0 Å². The highest BCUT2D eigenvalue weighted by molar-refractivity contribution is 9.10. The van der Waals surface area contributed by atoms with Crippen LogP contribution in [0.15, 0.2) is 16.7 Å². The Hall–Kier alpha value is -0.630. The highest BCUT2D eigenvalue weighted by Gasteiger charge is 2.00. The van der Waals surface area contributed by atoms with Crippen LogP contribution in [0.1, 0.15) is 19.8 Å². The van der Waals surface area contributed by atoms with Gasteiger partial charge in [-0.05, 0) is 47.0 Å². The van der Waals surface area contributed by atoms with Gasteiger partial charge in [0.25, 0.3) is 0 Å². The Kier molecular flexibility index (Phi) is 2.01. The zero-order valence-electron chi connectivity index (χ0n) is 6.97. The highest BCUT2D eigenvalue weighted by Crippen LogP contribution is 2.07. The van der Waals surface area contributed by atoms with E-state index in [1.807, 2.05) is 6.20 Å². The maximum absolute atomic E-state index is 4.35. The molecule has 1 nitrogen and oxygen atoms in total. The molecule has 0 radical (unpaired) electrons. The zero-order valence-corrected chi connectivity index (χ0v) is 8.56. The van der Waals surface area contributed by atoms with Gasteiger partial charge < -0.3 is 0 Å². The summed E-state index contributed by atoms with van der Waals surface area (Å²) in [7, 11) is 0. The minimum atomic E-state index is 1.07. The lowest BCUT2D eigenvalue weighted by molar-refractivity contribution is 1.03. The number of hydrogen-bond donors (Lipinski definition) is 0. The number of pyridine rings is 1. The molecule has 62 valence electrons. The van der Waals surface area contributed by atoms with Crippen LogP contribution < -0.4 is 10.6 Å². The summed E-state index contributed by atoms with van der Waals surface area (Å²) in [6, 6.07) is 2.15. The Balaban J connectivity index is 2.87. The highest BCUT2D eigenvalue weighted by atomic mass is 79.9. The third-order valence-electron chi connectivity index (χ3n) is 2.20. The third-order valence-corrected chi connectivity index (χ3v) is 2.64. The quantitative estimate of drug-likeness (QED) is 0.652. The van der Waals surface area contributed by atoms with Crippen LogP contribution in [-0.4, -0.2) is 4.98 Å². The molecule has 2 rings (SSSR count). The molecule has 0 spiro atoms. The van der Waals surface area contributed by atoms with Crippen molar-refractivity contribution in [3.8, 4) is 0 Å². The Morgan fingerprint density at radius 2 is 2.33 bits per heavy atom. The first-order valence-corrected chi connectivity index (χ1v) is 4.88. The van der Waals surface area contributed by atoms with Gasteiger partial charge in [-0.15, -0.1) is 0 Å². The molecule has 12 heavy (non-hydrogen) atoms. The molecule has 0 amide bonds. The Morgan fingerprint density at radius 1 is 1.50 bits per heavy atom. The van der Waals surface area contributed by atoms with Crippen molar-refractivity contribution >= 4 is 27.6 Å². The standard InChI is InChI=1S/C10H10BrN/c1-7-3-2-4-10-9(7)5-8(11)6-12-10/h4-6H,2-3H2,1H3. The van der Waals surface area contributed by atoms with Gasteiger partial charge in [0, 0.05) is 10.7 Å². The lowest BCUT2D eigenvalue weighted by Gasteiger charge is -2.04. The number of aromatic nitrogens is 1. The van der Waals surface area contributed by atoms with E-state index in [-0.39, 0.29) is 0 Å². The summed E-state index contributed by atoms with van der Waals surface area (Å²) in [6.45, 7) is 2.18. The summed E-state index contributed by atoms with van der Waals surface area (Å²) in [4.78, 5) is 4.35. The molecule has 0 bridgehead atoms. The fourth-order valence-electron chi connectivity index (χ4n) is 1.51. The molecule has 1 aliphatic rings. The van der Waals surface area contributed by atoms with Gasteiger partial charge in [0.1, 0.15) is 0 Å². The van der Waals surface area contributed by atoms with E-state index in [0.29, 0.717) is 0 Å². The van der Waals surface area contributed by atoms with Crippen molar-refractivity contribution in [2.75, 3.05) is 0 Å². The molecule has 0 saturated carbocycles. The fourth-order valence-corrected chi connectivity index (χ4v) is 1.85. The van der Waals surface area contributed by atoms with Crippen molar-refractivity contribution in [2.45, 2.75) is 19.8 Å². The van der Waals surface area contributed by atoms with E-state index in [0.717, 1.165) is 16.2 Å². The van der Waals surface area contributed by atoms with Gasteiger partial charge in [0.15, 0.2) is 0 Å². The second kappa shape index (κ2) is 3.02. The summed E-state index contributed by atoms with van der Waals surface area (Å²) in [5.74, 6) is 0. The number of halogens is 1. The molecule has 1 aromatic heterocycles. The van der Waals surface area contributed by atoms with Gasteiger partial charge in [0.05, 0.1) is 5.35 Å². The molecule has 0 fully saturated rings. The van der Waals surface area contributed by atoms with Crippen molar-refractivity contribution < 1.29 is 0 Å². The second-order valence-corrected chi connectivity index (χ2v) is 4.03. The molecular formula is C10H10BrN. The van der Waals surface area contributed by atoms with Crippen molar-refractivity contribution in [1.29, 1.82) is 0 Å². The van der Waals surface area contributed by atoms with E-state index in [2.05, 4.69) is 40.0 Å². The molecule has 1 aromatic rings. The van der Waals surface area contributed by atoms with Gasteiger partial charge in [0.2, 0.25) is 0 Å². The molecule has 2 heteroatoms. The predicted octanol–water partition coefficient (Wildman–Crippen LogP) is 1.59. The first-order chi connectivity index (χ1) is 5.77. The van der Waals surface area contributed by atoms with Crippen LogP contribution in [0.25, 0.3) is 11.6 Å². The molecule has 0 N–H and O–H groups in total. The predicted molar refractivity (Wildman–Crippen MR) is 54.0 cm³/mol. The minimum absolute atomic E-state index is 1.07. The zero-order chi connectivity index (χ0) is 8.55. The minimum Gasteiger partial charge on any atom is -0.255 e. The number of fused-ring (bicyclic) bond motifs is 1. The smallest absolute Gasteiger partial charge is 0.0662 e. The molecule has 1 heterocycles. The first-order valence-electron chi connectivity index (χ1n) is 4.09. The molecule has 0 unspecified atom stereocenters. The molecule has 0 aliphatic heterocycles. The van der Waals surface area contributed by atoms with Crippen LogP contribution in [0, 0.1) is 0 Å². The van der Waals surface area contributed by atoms with Gasteiger partial charge in [-0.25, -0.2) is 0 Å². The number of hydrogen-bond acceptors (Lipinski definition) is 1. The largest absolute Gasteiger partial charge is 0.255 e. The van der Waals surface area contributed by atoms with Crippen molar-refractivity contribution in [3.05, 3.63) is 27.3 Å². The molecule has 0 aromatic carbocycles. The maximum Gasteiger partial charge on any atom is 0.0662 e. The summed E-state index contributed by atoms with van der Waals surface area (Å²) >= 11 is 3.43. The number of nitrogens with zero attached hydrogens (tertiary/aromatic N) is 1. The Bertz CT molecular complexity index is 420. The van der Waals surface area contributed by atoms with E-state index < -0.39 is 0 Å². The summed E-state index contributed by atoms with van der Waals surface area (Å²) in [6.07, 6.45) is 6.36. The SMILES string of the molecule is CC1=c2cc(Br)cnc2=CCC1. The van der Waals surface area contributed by atoms with Gasteiger partial charge in [-0.1, -0.05) is 11.6 Å². The van der Waals surface area contributed by atoms with E-state index in [9.17, 15) is 0 Å². The van der Waals surface area contributed by atoms with Crippen LogP contribution in [0.3, 0.4) is 0 Å². The lowest BCUT2D eigenvalue weighted by atomic mass is 10.0. The number of rotatable bonds is 0. The van der Waals surface area contributed by atoms with Crippen LogP contribution in [0.2, 0.25) is 0 Å². The van der Waals surface area contributed by atoms with Gasteiger partial charge in [-0.2, -0.15) is 0 Å². The monoisotopic (exact) mass is 223 g/mol. The van der Waals surface area contributed by atoms with Gasteiger partial charge in [-0.3, -0.25) is 4.98 Å². The topological polar surface area (TPSA) is 12.9 Å². The average molecular weight is 224 g/mol. The molecule has 1 aliphatic carbocycles. The normalized spacial score (nSPS) is 15.3. The van der Waals surface area contributed by atoms with Crippen molar-refractivity contribution in [1.82, 2.24) is 4.98 Å². The first kappa shape index (κ1) is 7.99. The maximum atomic E-state index is 4.35. The van der Waals surface area contributed by atoms with E-state index in [1.165, 1.54) is 17.2 Å². The summed E-state index contributed by atoms with van der Waals surface area (Å²) < 4.78 is 1.07. The van der Waals surface area contributed by atoms with Crippen LogP contribution in [0.4, 0.5) is 0 Å². The Labute approximate surface area is 80.0 Å². The van der Waals surface area contributed by atoms with Crippen LogP contribution in [-0.2, 0) is 0 Å². The molecule has 0 atom stereocenters. The van der Waals surface area contributed by atoms with Crippen LogP contribution in [0.5, 0.6) is 0 Å². The second-order valence-electron chi connectivity index (χ2n) is 3.11. The van der Waals surface area contributed by atoms with E-state index in [1.54, 1.807) is 0 Å². The summed E-state index contributed by atoms with van der Waals surface area (Å²) in [5.41, 5.74) is 1.45. The fraction of sp³-hybridized carbons (Fsp3) is 0.300. The Morgan fingerprint density at radius 3 is 3.17 bits per heavy atom. The average Bonchev–Trinajstić information content (AvgIpc) is 2.07.